The van der Waals surface area contributed by atoms with Gasteiger partial charge in [-0.3, -0.25) is 14.7 Å². The van der Waals surface area contributed by atoms with Crippen molar-refractivity contribution in [1.29, 1.82) is 0 Å². The Labute approximate surface area is 102 Å². The number of carbonyl (C=O) groups excluding carboxylic acids is 1. The van der Waals surface area contributed by atoms with Crippen LogP contribution in [0.4, 0.5) is 11.5 Å². The normalized spacial score (nSPS) is 17.9. The van der Waals surface area contributed by atoms with Gasteiger partial charge in [0.05, 0.1) is 11.9 Å². The minimum absolute atomic E-state index is 0.142. The average Bonchev–Trinajstić information content (AvgIpc) is 2.64. The molecule has 0 saturated carbocycles. The van der Waals surface area contributed by atoms with E-state index in [-0.39, 0.29) is 11.4 Å². The molecule has 2 aromatic rings. The number of pyridine rings is 1. The minimum Gasteiger partial charge on any atom is -0.397 e. The van der Waals surface area contributed by atoms with Gasteiger partial charge in [0, 0.05) is 12.4 Å². The molecule has 7 nitrogen and oxygen atoms in total. The highest BCUT2D eigenvalue weighted by Gasteiger charge is 2.39. The van der Waals surface area contributed by atoms with Crippen LogP contribution in [0, 0.1) is 0 Å². The number of aliphatic hydroxyl groups excluding tert-OH is 1. The van der Waals surface area contributed by atoms with Crippen LogP contribution in [-0.4, -0.2) is 26.0 Å². The van der Waals surface area contributed by atoms with Crippen molar-refractivity contribution in [2.75, 3.05) is 10.6 Å². The first kappa shape index (κ1) is 10.6. The van der Waals surface area contributed by atoms with E-state index in [1.54, 1.807) is 12.1 Å². The summed E-state index contributed by atoms with van der Waals surface area (Å²) in [6.45, 7) is 0. The summed E-state index contributed by atoms with van der Waals surface area (Å²) < 4.78 is 0. The number of carbonyl (C=O) groups is 1. The lowest BCUT2D eigenvalue weighted by Crippen LogP contribution is -2.28. The van der Waals surface area contributed by atoms with Crippen LogP contribution in [0.25, 0.3) is 0 Å². The van der Waals surface area contributed by atoms with Gasteiger partial charge in [-0.05, 0) is 12.1 Å². The molecule has 0 aromatic carbocycles. The molecule has 0 fully saturated rings. The maximum Gasteiger partial charge on any atom is 0.282 e. The zero-order chi connectivity index (χ0) is 12.7. The van der Waals surface area contributed by atoms with Crippen LogP contribution in [0.15, 0.2) is 30.7 Å². The molecule has 1 amide bonds. The molecule has 0 bridgehead atoms. The van der Waals surface area contributed by atoms with E-state index in [4.69, 9.17) is 5.73 Å². The molecule has 1 atom stereocenters. The number of nitrogens with zero attached hydrogens (tertiary/aromatic N) is 4. The molecule has 3 rings (SSSR count). The third kappa shape index (κ3) is 1.41. The van der Waals surface area contributed by atoms with Crippen molar-refractivity contribution in [3.8, 4) is 0 Å². The molecular weight excluding hydrogens is 234 g/mol. The number of anilines is 2. The quantitative estimate of drug-likeness (QED) is 0.736. The highest BCUT2D eigenvalue weighted by molar-refractivity contribution is 6.08. The van der Waals surface area contributed by atoms with Crippen molar-refractivity contribution >= 4 is 17.4 Å². The van der Waals surface area contributed by atoms with E-state index >= 15 is 0 Å². The van der Waals surface area contributed by atoms with Gasteiger partial charge in [0.15, 0.2) is 11.9 Å². The van der Waals surface area contributed by atoms with E-state index in [1.807, 2.05) is 0 Å². The molecule has 1 unspecified atom stereocenters. The summed E-state index contributed by atoms with van der Waals surface area (Å²) in [6, 6.07) is 3.16. The molecule has 0 spiro atoms. The molecule has 3 N–H and O–H groups in total. The van der Waals surface area contributed by atoms with Crippen LogP contribution in [0.1, 0.15) is 22.4 Å². The van der Waals surface area contributed by atoms with E-state index in [0.717, 1.165) is 4.90 Å². The highest BCUT2D eigenvalue weighted by atomic mass is 16.3. The van der Waals surface area contributed by atoms with Crippen LogP contribution in [0.3, 0.4) is 0 Å². The second-order valence-corrected chi connectivity index (χ2v) is 3.79. The van der Waals surface area contributed by atoms with E-state index in [2.05, 4.69) is 15.0 Å². The van der Waals surface area contributed by atoms with E-state index in [1.165, 1.54) is 18.6 Å². The average molecular weight is 243 g/mol. The fourth-order valence-electron chi connectivity index (χ4n) is 1.82. The maximum absolute atomic E-state index is 12.1. The first-order valence-corrected chi connectivity index (χ1v) is 5.22. The second-order valence-electron chi connectivity index (χ2n) is 3.79. The second kappa shape index (κ2) is 3.74. The standard InChI is InChI=1S/C11H9N5O2/c12-6-1-2-7(15-5-6)16-10(17)8-9(11(16)18)14-4-3-13-8/h1-5,10,17H,12H2. The monoisotopic (exact) mass is 243 g/mol. The predicted octanol–water partition coefficient (Wildman–Crippen LogP) is 0.105. The van der Waals surface area contributed by atoms with Crippen molar-refractivity contribution in [3.63, 3.8) is 0 Å². The smallest absolute Gasteiger partial charge is 0.282 e. The molecule has 0 radical (unpaired) electrons. The Morgan fingerprint density at radius 2 is 2.00 bits per heavy atom. The number of rotatable bonds is 1. The maximum atomic E-state index is 12.1. The van der Waals surface area contributed by atoms with Gasteiger partial charge >= 0.3 is 0 Å². The Balaban J connectivity index is 2.06. The number of aliphatic hydroxyl groups is 1. The van der Waals surface area contributed by atoms with Crippen molar-refractivity contribution in [3.05, 3.63) is 42.1 Å². The van der Waals surface area contributed by atoms with Crippen LogP contribution in [0.5, 0.6) is 0 Å². The SMILES string of the molecule is Nc1ccc(N2C(=O)c3nccnc3C2O)nc1. The predicted molar refractivity (Wildman–Crippen MR) is 62.5 cm³/mol. The molecule has 7 heteroatoms. The first-order valence-electron chi connectivity index (χ1n) is 5.22. The minimum atomic E-state index is -1.17. The summed E-state index contributed by atoms with van der Waals surface area (Å²) in [5.41, 5.74) is 6.39. The Morgan fingerprint density at radius 1 is 1.22 bits per heavy atom. The van der Waals surface area contributed by atoms with Gasteiger partial charge in [-0.2, -0.15) is 0 Å². The highest BCUT2D eigenvalue weighted by Crippen LogP contribution is 2.32. The number of hydrogen-bond donors (Lipinski definition) is 2. The van der Waals surface area contributed by atoms with Gasteiger partial charge in [0.2, 0.25) is 0 Å². The van der Waals surface area contributed by atoms with Crippen molar-refractivity contribution in [2.45, 2.75) is 6.23 Å². The van der Waals surface area contributed by atoms with Crippen LogP contribution in [-0.2, 0) is 0 Å². The van der Waals surface area contributed by atoms with E-state index in [9.17, 15) is 9.90 Å². The third-order valence-electron chi connectivity index (χ3n) is 2.65. The van der Waals surface area contributed by atoms with Gasteiger partial charge in [0.25, 0.3) is 5.91 Å². The van der Waals surface area contributed by atoms with Crippen molar-refractivity contribution in [1.82, 2.24) is 15.0 Å². The lowest BCUT2D eigenvalue weighted by Gasteiger charge is -2.18. The summed E-state index contributed by atoms with van der Waals surface area (Å²) in [7, 11) is 0. The molecular formula is C11H9N5O2. The first-order chi connectivity index (χ1) is 8.68. The Morgan fingerprint density at radius 3 is 2.67 bits per heavy atom. The van der Waals surface area contributed by atoms with Crippen LogP contribution >= 0.6 is 0 Å². The van der Waals surface area contributed by atoms with Crippen LogP contribution < -0.4 is 10.6 Å². The Bertz CT molecular complexity index is 613. The van der Waals surface area contributed by atoms with Crippen LogP contribution in [0.2, 0.25) is 0 Å². The molecule has 1 aliphatic rings. The van der Waals surface area contributed by atoms with E-state index < -0.39 is 12.1 Å². The molecule has 0 aliphatic carbocycles. The molecule has 0 saturated heterocycles. The van der Waals surface area contributed by atoms with Gasteiger partial charge in [0.1, 0.15) is 11.5 Å². The number of hydrogen-bond acceptors (Lipinski definition) is 6. The summed E-state index contributed by atoms with van der Waals surface area (Å²) >= 11 is 0. The summed E-state index contributed by atoms with van der Waals surface area (Å²) in [5.74, 6) is -0.121. The number of aromatic nitrogens is 3. The third-order valence-corrected chi connectivity index (χ3v) is 2.65. The molecule has 18 heavy (non-hydrogen) atoms. The fourth-order valence-corrected chi connectivity index (χ4v) is 1.82. The molecule has 1 aliphatic heterocycles. The van der Waals surface area contributed by atoms with Crippen molar-refractivity contribution < 1.29 is 9.90 Å². The summed E-state index contributed by atoms with van der Waals surface area (Å²) in [6.07, 6.45) is 3.08. The lowest BCUT2D eigenvalue weighted by atomic mass is 10.3. The Kier molecular flexibility index (Phi) is 2.20. The van der Waals surface area contributed by atoms with Gasteiger partial charge in [-0.1, -0.05) is 0 Å². The van der Waals surface area contributed by atoms with Gasteiger partial charge in [-0.25, -0.2) is 9.97 Å². The molecule has 90 valence electrons. The fraction of sp³-hybridized carbons (Fsp3) is 0.0909. The lowest BCUT2D eigenvalue weighted by molar-refractivity contribution is 0.0929. The number of fused-ring (bicyclic) bond motifs is 1. The molecule has 2 aromatic heterocycles. The van der Waals surface area contributed by atoms with E-state index in [0.29, 0.717) is 11.5 Å². The Hall–Kier alpha value is -2.54. The zero-order valence-electron chi connectivity index (χ0n) is 9.19. The number of nitrogens with two attached hydrogens (primary N) is 1. The van der Waals surface area contributed by atoms with Crippen molar-refractivity contribution in [2.24, 2.45) is 0 Å². The number of amides is 1. The number of nitrogen functional groups attached to an aromatic ring is 1. The zero-order valence-corrected chi connectivity index (χ0v) is 9.19. The summed E-state index contributed by atoms with van der Waals surface area (Å²) in [5, 5.41) is 10.1. The largest absolute Gasteiger partial charge is 0.397 e. The summed E-state index contributed by atoms with van der Waals surface area (Å²) in [4.78, 5) is 25.1. The van der Waals surface area contributed by atoms with Gasteiger partial charge in [-0.15, -0.1) is 0 Å². The van der Waals surface area contributed by atoms with Gasteiger partial charge < -0.3 is 10.8 Å². The topological polar surface area (TPSA) is 105 Å². The molecule has 3 heterocycles.